The number of hydrogen-bond donors (Lipinski definition) is 1. The van der Waals surface area contributed by atoms with Crippen molar-refractivity contribution in [3.05, 3.63) is 35.5 Å². The van der Waals surface area contributed by atoms with E-state index in [-0.39, 0.29) is 5.60 Å². The van der Waals surface area contributed by atoms with Gasteiger partial charge < -0.3 is 20.1 Å². The minimum absolute atomic E-state index is 0.307. The highest BCUT2D eigenvalue weighted by Gasteiger charge is 2.43. The Balaban J connectivity index is 1.46. The Morgan fingerprint density at radius 3 is 2.82 bits per heavy atom. The summed E-state index contributed by atoms with van der Waals surface area (Å²) in [7, 11) is 3.59. The molecule has 8 heteroatoms. The predicted molar refractivity (Wildman–Crippen MR) is 106 cm³/mol. The minimum Gasteiger partial charge on any atom is -0.496 e. The lowest BCUT2D eigenvalue weighted by molar-refractivity contribution is -0.0780. The maximum atomic E-state index is 6.37. The second kappa shape index (κ2) is 6.34. The van der Waals surface area contributed by atoms with Crippen LogP contribution in [0, 0.1) is 0 Å². The number of nitrogens with zero attached hydrogens (tertiary/aromatic N) is 5. The molecule has 1 spiro atoms. The molecular formula is C20H24N6O2. The number of hydrogen-bond acceptors (Lipinski definition) is 7. The number of fused-ring (bicyclic) bond motifs is 3. The van der Waals surface area contributed by atoms with E-state index < -0.39 is 0 Å². The molecule has 1 fully saturated rings. The molecule has 1 saturated heterocycles. The second-order valence-corrected chi connectivity index (χ2v) is 7.49. The van der Waals surface area contributed by atoms with Crippen LogP contribution in [-0.4, -0.2) is 46.6 Å². The summed E-state index contributed by atoms with van der Waals surface area (Å²) in [5, 5.41) is 5.02. The first-order chi connectivity index (χ1) is 13.6. The van der Waals surface area contributed by atoms with Gasteiger partial charge in [0, 0.05) is 25.7 Å². The number of aromatic nitrogens is 4. The van der Waals surface area contributed by atoms with Crippen molar-refractivity contribution >= 4 is 22.8 Å². The minimum atomic E-state index is -0.307. The SMILES string of the molecule is COc1cccc2c1C1(CCN(c3nc(N)c4cnn(C)c4n3)CC1)OCC2. The number of rotatable bonds is 2. The van der Waals surface area contributed by atoms with Crippen LogP contribution in [0.1, 0.15) is 24.0 Å². The molecule has 0 radical (unpaired) electrons. The van der Waals surface area contributed by atoms with Gasteiger partial charge in [-0.05, 0) is 30.9 Å². The molecule has 5 rings (SSSR count). The van der Waals surface area contributed by atoms with E-state index in [9.17, 15) is 0 Å². The third-order valence-corrected chi connectivity index (χ3v) is 6.00. The van der Waals surface area contributed by atoms with Gasteiger partial charge in [-0.2, -0.15) is 15.1 Å². The summed E-state index contributed by atoms with van der Waals surface area (Å²) in [6.45, 7) is 2.32. The fourth-order valence-electron chi connectivity index (χ4n) is 4.54. The quantitative estimate of drug-likeness (QED) is 0.727. The van der Waals surface area contributed by atoms with Crippen LogP contribution in [0.3, 0.4) is 0 Å². The Labute approximate surface area is 163 Å². The van der Waals surface area contributed by atoms with E-state index in [1.54, 1.807) is 18.0 Å². The number of piperidine rings is 1. The molecule has 1 aromatic carbocycles. The van der Waals surface area contributed by atoms with Crippen LogP contribution in [0.15, 0.2) is 24.4 Å². The molecule has 8 nitrogen and oxygen atoms in total. The van der Waals surface area contributed by atoms with Gasteiger partial charge >= 0.3 is 0 Å². The molecule has 0 unspecified atom stereocenters. The van der Waals surface area contributed by atoms with Crippen LogP contribution in [0.25, 0.3) is 11.0 Å². The third kappa shape index (κ3) is 2.51. The van der Waals surface area contributed by atoms with E-state index in [0.717, 1.165) is 55.7 Å². The molecule has 0 atom stereocenters. The zero-order valence-electron chi connectivity index (χ0n) is 16.2. The van der Waals surface area contributed by atoms with Crippen molar-refractivity contribution in [3.63, 3.8) is 0 Å². The Morgan fingerprint density at radius 1 is 1.21 bits per heavy atom. The summed E-state index contributed by atoms with van der Waals surface area (Å²) >= 11 is 0. The van der Waals surface area contributed by atoms with Crippen LogP contribution in [-0.2, 0) is 23.8 Å². The normalized spacial score (nSPS) is 18.4. The monoisotopic (exact) mass is 380 g/mol. The molecule has 0 bridgehead atoms. The molecule has 0 aliphatic carbocycles. The van der Waals surface area contributed by atoms with Gasteiger partial charge in [-0.15, -0.1) is 0 Å². The maximum Gasteiger partial charge on any atom is 0.229 e. The summed E-state index contributed by atoms with van der Waals surface area (Å²) in [4.78, 5) is 11.4. The number of nitrogens with two attached hydrogens (primary N) is 1. The standard InChI is InChI=1S/C20H24N6O2/c1-25-18-14(12-22-25)17(21)23-19(24-18)26-9-7-20(8-10-26)16-13(6-11-28-20)4-3-5-15(16)27-2/h3-5,12H,6-11H2,1-2H3,(H2,21,23,24). The van der Waals surface area contributed by atoms with Crippen LogP contribution in [0.5, 0.6) is 5.75 Å². The van der Waals surface area contributed by atoms with Gasteiger partial charge in [0.25, 0.3) is 0 Å². The Morgan fingerprint density at radius 2 is 2.04 bits per heavy atom. The summed E-state index contributed by atoms with van der Waals surface area (Å²) in [5.41, 5.74) is 9.13. The first kappa shape index (κ1) is 17.2. The lowest BCUT2D eigenvalue weighted by Crippen LogP contribution is -2.47. The number of methoxy groups -OCH3 is 1. The highest BCUT2D eigenvalue weighted by molar-refractivity contribution is 5.86. The fourth-order valence-corrected chi connectivity index (χ4v) is 4.54. The average Bonchev–Trinajstić information content (AvgIpc) is 3.10. The summed E-state index contributed by atoms with van der Waals surface area (Å²) in [5.74, 6) is 2.04. The number of ether oxygens (including phenoxy) is 2. The zero-order valence-corrected chi connectivity index (χ0v) is 16.2. The van der Waals surface area contributed by atoms with Gasteiger partial charge in [0.05, 0.1) is 25.3 Å². The highest BCUT2D eigenvalue weighted by atomic mass is 16.5. The molecule has 2 N–H and O–H groups in total. The van der Waals surface area contributed by atoms with Gasteiger partial charge in [-0.25, -0.2) is 0 Å². The van der Waals surface area contributed by atoms with Gasteiger partial charge in [-0.3, -0.25) is 4.68 Å². The summed E-state index contributed by atoms with van der Waals surface area (Å²) in [6.07, 6.45) is 4.34. The number of anilines is 2. The van der Waals surface area contributed by atoms with Gasteiger partial charge in [0.1, 0.15) is 17.2 Å². The molecule has 28 heavy (non-hydrogen) atoms. The molecule has 3 aromatic rings. The van der Waals surface area contributed by atoms with Gasteiger partial charge in [0.2, 0.25) is 5.95 Å². The highest BCUT2D eigenvalue weighted by Crippen LogP contribution is 2.46. The van der Waals surface area contributed by atoms with Crippen molar-refractivity contribution < 1.29 is 9.47 Å². The van der Waals surface area contributed by atoms with Crippen molar-refractivity contribution in [2.75, 3.05) is 37.4 Å². The average molecular weight is 380 g/mol. The Kier molecular flexibility index (Phi) is 3.90. The zero-order chi connectivity index (χ0) is 19.3. The van der Waals surface area contributed by atoms with Gasteiger partial charge in [0.15, 0.2) is 5.65 Å². The predicted octanol–water partition coefficient (Wildman–Crippen LogP) is 2.02. The summed E-state index contributed by atoms with van der Waals surface area (Å²) in [6, 6.07) is 6.28. The third-order valence-electron chi connectivity index (χ3n) is 6.00. The molecular weight excluding hydrogens is 356 g/mol. The van der Waals surface area contributed by atoms with Crippen molar-refractivity contribution in [2.45, 2.75) is 24.9 Å². The van der Waals surface area contributed by atoms with E-state index in [1.807, 2.05) is 13.1 Å². The molecule has 4 heterocycles. The van der Waals surface area contributed by atoms with Crippen molar-refractivity contribution in [1.82, 2.24) is 19.7 Å². The lowest BCUT2D eigenvalue weighted by Gasteiger charge is -2.45. The Hall–Kier alpha value is -2.87. The first-order valence-corrected chi connectivity index (χ1v) is 9.62. The van der Waals surface area contributed by atoms with Crippen molar-refractivity contribution in [3.8, 4) is 5.75 Å². The number of benzene rings is 1. The maximum absolute atomic E-state index is 6.37. The van der Waals surface area contributed by atoms with E-state index in [1.165, 1.54) is 11.1 Å². The van der Waals surface area contributed by atoms with Crippen LogP contribution >= 0.6 is 0 Å². The van der Waals surface area contributed by atoms with E-state index in [0.29, 0.717) is 11.8 Å². The van der Waals surface area contributed by atoms with Crippen molar-refractivity contribution in [2.24, 2.45) is 7.05 Å². The van der Waals surface area contributed by atoms with E-state index in [2.05, 4.69) is 27.1 Å². The number of nitrogen functional groups attached to an aromatic ring is 1. The fraction of sp³-hybridized carbons (Fsp3) is 0.450. The van der Waals surface area contributed by atoms with Crippen LogP contribution < -0.4 is 15.4 Å². The summed E-state index contributed by atoms with van der Waals surface area (Å²) < 4.78 is 13.8. The topological polar surface area (TPSA) is 91.3 Å². The molecule has 2 aliphatic rings. The molecule has 2 aromatic heterocycles. The molecule has 146 valence electrons. The van der Waals surface area contributed by atoms with Crippen LogP contribution in [0.2, 0.25) is 0 Å². The molecule has 0 saturated carbocycles. The van der Waals surface area contributed by atoms with E-state index >= 15 is 0 Å². The number of aryl methyl sites for hydroxylation is 1. The largest absolute Gasteiger partial charge is 0.496 e. The lowest BCUT2D eigenvalue weighted by atomic mass is 9.79. The second-order valence-electron chi connectivity index (χ2n) is 7.49. The van der Waals surface area contributed by atoms with Gasteiger partial charge in [-0.1, -0.05) is 12.1 Å². The van der Waals surface area contributed by atoms with Crippen molar-refractivity contribution in [1.29, 1.82) is 0 Å². The molecule has 0 amide bonds. The molecule has 2 aliphatic heterocycles. The smallest absolute Gasteiger partial charge is 0.229 e. The first-order valence-electron chi connectivity index (χ1n) is 9.62. The van der Waals surface area contributed by atoms with Crippen LogP contribution in [0.4, 0.5) is 11.8 Å². The Bertz CT molecular complexity index is 1020. The van der Waals surface area contributed by atoms with E-state index in [4.69, 9.17) is 20.2 Å².